The molecule has 0 spiro atoms. The standard InChI is InChI=1S/C35H54N2O4.C2H6/c1-7-26(3)23-29-16-18-32(33(24-29)39-6)34(35(38)40-8-2)37-21-19-31(25-37)41-22-11-9-10-13-27(4)15-17-30-14-12-20-36-28(30)5;1-2/h15-18,24,26,31,34,36H,4,7-14,19-23,25H2,1-3,5-6H3;1-2H3/b17-15-;/t26?,31-,34?;/m1./s1. The van der Waals surface area contributed by atoms with Crippen LogP contribution < -0.4 is 10.1 Å². The number of likely N-dealkylation sites (tertiary alicyclic amines) is 1. The Balaban J connectivity index is 0.00000316. The second-order valence-electron chi connectivity index (χ2n) is 11.7. The van der Waals surface area contributed by atoms with E-state index >= 15 is 0 Å². The highest BCUT2D eigenvalue weighted by molar-refractivity contribution is 5.79. The van der Waals surface area contributed by atoms with E-state index in [1.54, 1.807) is 7.11 Å². The molecule has 6 heteroatoms. The van der Waals surface area contributed by atoms with Gasteiger partial charge in [0, 0.05) is 37.5 Å². The van der Waals surface area contributed by atoms with Crippen molar-refractivity contribution in [3.8, 4) is 5.75 Å². The van der Waals surface area contributed by atoms with Crippen molar-refractivity contribution >= 4 is 5.97 Å². The fourth-order valence-corrected chi connectivity index (χ4v) is 5.72. The largest absolute Gasteiger partial charge is 0.496 e. The first kappa shape index (κ1) is 36.6. The summed E-state index contributed by atoms with van der Waals surface area (Å²) >= 11 is 0. The number of ether oxygens (including phenoxy) is 3. The van der Waals surface area contributed by atoms with Crippen LogP contribution in [0.15, 0.2) is 53.8 Å². The third-order valence-corrected chi connectivity index (χ3v) is 8.44. The van der Waals surface area contributed by atoms with Crippen molar-refractivity contribution in [3.63, 3.8) is 0 Å². The van der Waals surface area contributed by atoms with Gasteiger partial charge in [-0.1, -0.05) is 77.0 Å². The quantitative estimate of drug-likeness (QED) is 0.111. The van der Waals surface area contributed by atoms with Crippen molar-refractivity contribution in [1.29, 1.82) is 0 Å². The topological polar surface area (TPSA) is 60.0 Å². The highest BCUT2D eigenvalue weighted by Gasteiger charge is 2.36. The second kappa shape index (κ2) is 20.4. The number of unbranched alkanes of at least 4 members (excludes halogenated alkanes) is 2. The Kier molecular flexibility index (Phi) is 17.4. The summed E-state index contributed by atoms with van der Waals surface area (Å²) in [6.45, 7) is 20.4. The zero-order chi connectivity index (χ0) is 31.6. The van der Waals surface area contributed by atoms with Gasteiger partial charge in [0.25, 0.3) is 0 Å². The number of esters is 1. The molecule has 1 N–H and O–H groups in total. The molecular formula is C37H60N2O4. The normalized spacial score (nSPS) is 18.5. The molecule has 0 aromatic heterocycles. The van der Waals surface area contributed by atoms with Gasteiger partial charge in [0.2, 0.25) is 0 Å². The maximum atomic E-state index is 13.2. The van der Waals surface area contributed by atoms with Crippen LogP contribution in [0.2, 0.25) is 0 Å². The van der Waals surface area contributed by atoms with Gasteiger partial charge in [0.1, 0.15) is 11.8 Å². The first-order chi connectivity index (χ1) is 20.9. The number of benzene rings is 1. The molecule has 1 saturated heterocycles. The maximum absolute atomic E-state index is 13.2. The molecule has 0 saturated carbocycles. The van der Waals surface area contributed by atoms with E-state index in [0.717, 1.165) is 82.4 Å². The Labute approximate surface area is 262 Å². The molecule has 2 heterocycles. The zero-order valence-corrected chi connectivity index (χ0v) is 28.3. The summed E-state index contributed by atoms with van der Waals surface area (Å²) in [5.74, 6) is 1.14. The number of rotatable bonds is 17. The summed E-state index contributed by atoms with van der Waals surface area (Å²) < 4.78 is 17.6. The Hall–Kier alpha value is -2.57. The lowest BCUT2D eigenvalue weighted by Gasteiger charge is -2.28. The Bertz CT molecular complexity index is 1050. The number of allylic oxidation sites excluding steroid dienone is 5. The van der Waals surface area contributed by atoms with Gasteiger partial charge in [-0.05, 0) is 81.9 Å². The van der Waals surface area contributed by atoms with E-state index in [-0.39, 0.29) is 12.1 Å². The van der Waals surface area contributed by atoms with Gasteiger partial charge in [-0.3, -0.25) is 4.90 Å². The fourth-order valence-electron chi connectivity index (χ4n) is 5.72. The molecule has 0 amide bonds. The van der Waals surface area contributed by atoms with E-state index in [2.05, 4.69) is 67.9 Å². The first-order valence-electron chi connectivity index (χ1n) is 16.8. The van der Waals surface area contributed by atoms with E-state index in [4.69, 9.17) is 14.2 Å². The van der Waals surface area contributed by atoms with Gasteiger partial charge < -0.3 is 19.5 Å². The number of nitrogens with one attached hydrogen (secondary N) is 1. The molecule has 3 rings (SSSR count). The fraction of sp³-hybridized carbons (Fsp3) is 0.649. The molecule has 242 valence electrons. The van der Waals surface area contributed by atoms with Crippen LogP contribution in [0.5, 0.6) is 5.75 Å². The van der Waals surface area contributed by atoms with Crippen LogP contribution in [0.1, 0.15) is 110 Å². The van der Waals surface area contributed by atoms with Crippen molar-refractivity contribution in [2.45, 2.75) is 111 Å². The number of carbonyl (C=O) groups is 1. The highest BCUT2D eigenvalue weighted by Crippen LogP contribution is 2.35. The lowest BCUT2D eigenvalue weighted by atomic mass is 9.95. The van der Waals surface area contributed by atoms with Crippen LogP contribution in [0.4, 0.5) is 0 Å². The van der Waals surface area contributed by atoms with Crippen LogP contribution in [-0.2, 0) is 20.7 Å². The summed E-state index contributed by atoms with van der Waals surface area (Å²) in [5.41, 5.74) is 6.00. The lowest BCUT2D eigenvalue weighted by molar-refractivity contribution is -0.149. The van der Waals surface area contributed by atoms with Crippen molar-refractivity contribution < 1.29 is 19.0 Å². The smallest absolute Gasteiger partial charge is 0.328 e. The molecule has 2 unspecified atom stereocenters. The van der Waals surface area contributed by atoms with E-state index in [0.29, 0.717) is 19.1 Å². The monoisotopic (exact) mass is 596 g/mol. The van der Waals surface area contributed by atoms with Crippen molar-refractivity contribution in [1.82, 2.24) is 10.2 Å². The van der Waals surface area contributed by atoms with E-state index in [9.17, 15) is 4.79 Å². The van der Waals surface area contributed by atoms with E-state index in [1.165, 1.54) is 28.8 Å². The Morgan fingerprint density at radius 1 is 1.21 bits per heavy atom. The average Bonchev–Trinajstić information content (AvgIpc) is 3.48. The molecule has 43 heavy (non-hydrogen) atoms. The Morgan fingerprint density at radius 3 is 2.70 bits per heavy atom. The SMILES string of the molecule is C=C(/C=C\C1=C(C)NCCC1)CCCCCO[C@@H]1CCN(C(C(=O)OCC)c2ccc(CC(C)CC)cc2OC)C1.CC. The minimum atomic E-state index is -0.487. The minimum Gasteiger partial charge on any atom is -0.496 e. The number of methoxy groups -OCH3 is 1. The van der Waals surface area contributed by atoms with Gasteiger partial charge in [0.05, 0.1) is 19.8 Å². The predicted molar refractivity (Wildman–Crippen MR) is 179 cm³/mol. The molecule has 2 aliphatic rings. The second-order valence-corrected chi connectivity index (χ2v) is 11.7. The van der Waals surface area contributed by atoms with Crippen molar-refractivity contribution in [2.75, 3.05) is 40.0 Å². The third kappa shape index (κ3) is 12.1. The van der Waals surface area contributed by atoms with Crippen molar-refractivity contribution in [2.24, 2.45) is 5.92 Å². The summed E-state index contributed by atoms with van der Waals surface area (Å²) in [5, 5.41) is 3.44. The van der Waals surface area contributed by atoms with Crippen LogP contribution in [0, 0.1) is 5.92 Å². The number of hydrogen-bond donors (Lipinski definition) is 1. The highest BCUT2D eigenvalue weighted by atomic mass is 16.5. The van der Waals surface area contributed by atoms with Crippen molar-refractivity contribution in [3.05, 3.63) is 64.9 Å². The number of carbonyl (C=O) groups excluding carboxylic acids is 1. The summed E-state index contributed by atoms with van der Waals surface area (Å²) in [6, 6.07) is 5.79. The molecule has 2 aliphatic heterocycles. The minimum absolute atomic E-state index is 0.126. The zero-order valence-electron chi connectivity index (χ0n) is 28.3. The summed E-state index contributed by atoms with van der Waals surface area (Å²) in [4.78, 5) is 15.4. The molecule has 0 bridgehead atoms. The molecule has 0 aliphatic carbocycles. The molecular weight excluding hydrogens is 536 g/mol. The molecule has 1 fully saturated rings. The van der Waals surface area contributed by atoms with Crippen LogP contribution in [0.3, 0.4) is 0 Å². The summed E-state index contributed by atoms with van der Waals surface area (Å²) in [6.07, 6.45) is 14.2. The van der Waals surface area contributed by atoms with Gasteiger partial charge in [-0.15, -0.1) is 0 Å². The third-order valence-electron chi connectivity index (χ3n) is 8.44. The molecule has 6 nitrogen and oxygen atoms in total. The van der Waals surface area contributed by atoms with Crippen LogP contribution in [0.25, 0.3) is 0 Å². The maximum Gasteiger partial charge on any atom is 0.328 e. The Morgan fingerprint density at radius 2 is 2.00 bits per heavy atom. The molecule has 1 aromatic rings. The molecule has 3 atom stereocenters. The van der Waals surface area contributed by atoms with Crippen LogP contribution in [-0.4, -0.2) is 56.9 Å². The predicted octanol–water partition coefficient (Wildman–Crippen LogP) is 8.34. The number of hydrogen-bond acceptors (Lipinski definition) is 6. The van der Waals surface area contributed by atoms with Gasteiger partial charge in [-0.25, -0.2) is 4.79 Å². The van der Waals surface area contributed by atoms with Gasteiger partial charge in [0.15, 0.2) is 0 Å². The number of nitrogens with zero attached hydrogens (tertiary/aromatic N) is 1. The first-order valence-corrected chi connectivity index (χ1v) is 16.8. The van der Waals surface area contributed by atoms with E-state index < -0.39 is 6.04 Å². The molecule has 0 radical (unpaired) electrons. The van der Waals surface area contributed by atoms with E-state index in [1.807, 2.05) is 20.8 Å². The van der Waals surface area contributed by atoms with Crippen LogP contribution >= 0.6 is 0 Å². The molecule has 1 aromatic carbocycles. The summed E-state index contributed by atoms with van der Waals surface area (Å²) in [7, 11) is 1.68. The van der Waals surface area contributed by atoms with Gasteiger partial charge >= 0.3 is 5.97 Å². The van der Waals surface area contributed by atoms with Gasteiger partial charge in [-0.2, -0.15) is 0 Å². The lowest BCUT2D eigenvalue weighted by Crippen LogP contribution is -2.35. The average molecular weight is 597 g/mol.